The summed E-state index contributed by atoms with van der Waals surface area (Å²) >= 11 is 0. The Kier molecular flexibility index (Phi) is 6.16. The van der Waals surface area contributed by atoms with Crippen molar-refractivity contribution in [2.45, 2.75) is 46.4 Å². The smallest absolute Gasteiger partial charge is 0.274 e. The Morgan fingerprint density at radius 1 is 1.03 bits per heavy atom. The molecule has 1 atom stereocenters. The second-order valence-corrected chi connectivity index (χ2v) is 8.09. The van der Waals surface area contributed by atoms with E-state index in [9.17, 15) is 4.79 Å². The molecule has 0 bridgehead atoms. The predicted octanol–water partition coefficient (Wildman–Crippen LogP) is 4.50. The van der Waals surface area contributed by atoms with Crippen LogP contribution < -0.4 is 15.6 Å². The van der Waals surface area contributed by atoms with Crippen molar-refractivity contribution in [3.05, 3.63) is 88.2 Å². The first-order valence-corrected chi connectivity index (χ1v) is 10.7. The summed E-state index contributed by atoms with van der Waals surface area (Å²) in [4.78, 5) is 21.8. The van der Waals surface area contributed by atoms with Crippen LogP contribution in [0.3, 0.4) is 0 Å². The van der Waals surface area contributed by atoms with Gasteiger partial charge in [0.05, 0.1) is 29.9 Å². The number of nitrogens with zero attached hydrogens (tertiary/aromatic N) is 4. The molecule has 0 saturated carbocycles. The van der Waals surface area contributed by atoms with Gasteiger partial charge in [0.15, 0.2) is 0 Å². The molecule has 0 radical (unpaired) electrons. The lowest BCUT2D eigenvalue weighted by molar-refractivity contribution is 0.242. The van der Waals surface area contributed by atoms with Crippen LogP contribution in [0.25, 0.3) is 10.8 Å². The molecule has 32 heavy (non-hydrogen) atoms. The fourth-order valence-corrected chi connectivity index (χ4v) is 3.59. The highest BCUT2D eigenvalue weighted by Gasteiger charge is 2.11. The number of fused-ring (bicyclic) bond motifs is 1. The van der Waals surface area contributed by atoms with E-state index in [1.165, 1.54) is 4.68 Å². The third kappa shape index (κ3) is 4.94. The molecule has 4 aromatic rings. The van der Waals surface area contributed by atoms with Crippen molar-refractivity contribution >= 4 is 16.6 Å². The van der Waals surface area contributed by atoms with Gasteiger partial charge >= 0.3 is 0 Å². The molecule has 2 aromatic carbocycles. The number of ether oxygens (including phenoxy) is 1. The first kappa shape index (κ1) is 21.5. The van der Waals surface area contributed by atoms with Crippen molar-refractivity contribution in [3.8, 4) is 5.75 Å². The minimum atomic E-state index is -0.133. The summed E-state index contributed by atoms with van der Waals surface area (Å²) in [6, 6.07) is 17.4. The molecule has 7 heteroatoms. The molecule has 0 amide bonds. The molecular formula is C25H27N5O2. The minimum absolute atomic E-state index is 0.0340. The molecule has 1 N–H and O–H groups in total. The second-order valence-electron chi connectivity index (χ2n) is 8.09. The van der Waals surface area contributed by atoms with E-state index in [4.69, 9.17) is 4.74 Å². The average Bonchev–Trinajstić information content (AvgIpc) is 2.75. The number of aromatic nitrogens is 4. The SMILES string of the molecule is Cc1nc(Cn2ncc3ccccc3c2=O)cc(N[C@@H](C)c2ccc(OC(C)C)cc2)n1. The average molecular weight is 430 g/mol. The van der Waals surface area contributed by atoms with Crippen LogP contribution in [0.4, 0.5) is 5.82 Å². The zero-order chi connectivity index (χ0) is 22.7. The van der Waals surface area contributed by atoms with Gasteiger partial charge in [-0.3, -0.25) is 4.79 Å². The van der Waals surface area contributed by atoms with Crippen LogP contribution in [0.2, 0.25) is 0 Å². The Balaban J connectivity index is 1.53. The summed E-state index contributed by atoms with van der Waals surface area (Å²) in [5, 5.41) is 9.21. The first-order valence-electron chi connectivity index (χ1n) is 10.7. The van der Waals surface area contributed by atoms with Crippen molar-refractivity contribution in [3.63, 3.8) is 0 Å². The van der Waals surface area contributed by atoms with E-state index in [0.717, 1.165) is 22.4 Å². The van der Waals surface area contributed by atoms with Crippen LogP contribution in [0, 0.1) is 6.92 Å². The maximum Gasteiger partial charge on any atom is 0.274 e. The van der Waals surface area contributed by atoms with Gasteiger partial charge in [-0.1, -0.05) is 30.3 Å². The zero-order valence-corrected chi connectivity index (χ0v) is 18.7. The lowest BCUT2D eigenvalue weighted by atomic mass is 10.1. The summed E-state index contributed by atoms with van der Waals surface area (Å²) < 4.78 is 7.15. The number of anilines is 1. The number of rotatable bonds is 7. The predicted molar refractivity (Wildman–Crippen MR) is 126 cm³/mol. The summed E-state index contributed by atoms with van der Waals surface area (Å²) in [6.45, 7) is 8.21. The Hall–Kier alpha value is -3.74. The monoisotopic (exact) mass is 429 g/mol. The highest BCUT2D eigenvalue weighted by molar-refractivity contribution is 5.80. The third-order valence-electron chi connectivity index (χ3n) is 5.08. The molecule has 2 heterocycles. The van der Waals surface area contributed by atoms with Crippen LogP contribution >= 0.6 is 0 Å². The molecule has 0 aliphatic heterocycles. The van der Waals surface area contributed by atoms with Crippen LogP contribution in [0.5, 0.6) is 5.75 Å². The maximum atomic E-state index is 12.8. The van der Waals surface area contributed by atoms with Gasteiger partial charge in [0.1, 0.15) is 17.4 Å². The van der Waals surface area contributed by atoms with Gasteiger partial charge in [-0.2, -0.15) is 5.10 Å². The van der Waals surface area contributed by atoms with E-state index in [2.05, 4.69) is 27.3 Å². The summed E-state index contributed by atoms with van der Waals surface area (Å²) in [5.41, 5.74) is 1.70. The van der Waals surface area contributed by atoms with Crippen molar-refractivity contribution < 1.29 is 4.74 Å². The summed E-state index contributed by atoms with van der Waals surface area (Å²) in [7, 11) is 0. The molecule has 0 fully saturated rings. The number of hydrogen-bond acceptors (Lipinski definition) is 6. The Morgan fingerprint density at radius 3 is 2.53 bits per heavy atom. The van der Waals surface area contributed by atoms with E-state index in [0.29, 0.717) is 17.0 Å². The highest BCUT2D eigenvalue weighted by atomic mass is 16.5. The van der Waals surface area contributed by atoms with Crippen molar-refractivity contribution in [2.75, 3.05) is 5.32 Å². The van der Waals surface area contributed by atoms with Gasteiger partial charge in [-0.05, 0) is 51.5 Å². The van der Waals surface area contributed by atoms with Crippen LogP contribution in [0.15, 0.2) is 65.6 Å². The maximum absolute atomic E-state index is 12.8. The van der Waals surface area contributed by atoms with Gasteiger partial charge in [0.25, 0.3) is 5.56 Å². The van der Waals surface area contributed by atoms with Gasteiger partial charge in [-0.25, -0.2) is 14.6 Å². The van der Waals surface area contributed by atoms with Crippen LogP contribution in [0.1, 0.15) is 43.9 Å². The fraction of sp³-hybridized carbons (Fsp3) is 0.280. The normalized spacial score (nSPS) is 12.2. The van der Waals surface area contributed by atoms with E-state index < -0.39 is 0 Å². The van der Waals surface area contributed by atoms with Crippen LogP contribution in [-0.2, 0) is 6.54 Å². The molecule has 0 unspecified atom stereocenters. The van der Waals surface area contributed by atoms with Gasteiger partial charge < -0.3 is 10.1 Å². The standard InChI is InChI=1S/C25H27N5O2/c1-16(2)32-22-11-9-19(10-12-22)17(3)27-24-13-21(28-18(4)29-24)15-30-25(31)23-8-6-5-7-20(23)14-26-30/h5-14,16-17H,15H2,1-4H3,(H,27,28,29)/t17-/m0/s1. The zero-order valence-electron chi connectivity index (χ0n) is 18.7. The highest BCUT2D eigenvalue weighted by Crippen LogP contribution is 2.22. The molecular weight excluding hydrogens is 402 g/mol. The third-order valence-corrected chi connectivity index (χ3v) is 5.08. The topological polar surface area (TPSA) is 81.9 Å². The largest absolute Gasteiger partial charge is 0.491 e. The molecule has 2 aromatic heterocycles. The van der Waals surface area contributed by atoms with E-state index in [1.807, 2.05) is 75.4 Å². The molecule has 0 aliphatic rings. The molecule has 7 nitrogen and oxygen atoms in total. The second kappa shape index (κ2) is 9.18. The van der Waals surface area contributed by atoms with Crippen molar-refractivity contribution in [2.24, 2.45) is 0 Å². The Bertz CT molecular complexity index is 1280. The lowest BCUT2D eigenvalue weighted by Crippen LogP contribution is -2.24. The first-order chi connectivity index (χ1) is 15.4. The van der Waals surface area contributed by atoms with Crippen LogP contribution in [-0.4, -0.2) is 25.9 Å². The lowest BCUT2D eigenvalue weighted by Gasteiger charge is -2.17. The molecule has 0 spiro atoms. The number of aryl methyl sites for hydroxylation is 1. The molecule has 4 rings (SSSR count). The molecule has 0 saturated heterocycles. The van der Waals surface area contributed by atoms with Gasteiger partial charge in [-0.15, -0.1) is 0 Å². The van der Waals surface area contributed by atoms with Gasteiger partial charge in [0.2, 0.25) is 0 Å². The van der Waals surface area contributed by atoms with Gasteiger partial charge in [0, 0.05) is 17.5 Å². The summed E-state index contributed by atoms with van der Waals surface area (Å²) in [5.74, 6) is 2.19. The summed E-state index contributed by atoms with van der Waals surface area (Å²) in [6.07, 6.45) is 1.85. The van der Waals surface area contributed by atoms with Crippen molar-refractivity contribution in [1.29, 1.82) is 0 Å². The van der Waals surface area contributed by atoms with E-state index in [1.54, 1.807) is 6.20 Å². The van der Waals surface area contributed by atoms with E-state index in [-0.39, 0.29) is 24.2 Å². The number of hydrogen-bond donors (Lipinski definition) is 1. The minimum Gasteiger partial charge on any atom is -0.491 e. The Morgan fingerprint density at radius 2 is 1.78 bits per heavy atom. The number of benzene rings is 2. The molecule has 164 valence electrons. The van der Waals surface area contributed by atoms with E-state index >= 15 is 0 Å². The molecule has 0 aliphatic carbocycles. The quantitative estimate of drug-likeness (QED) is 0.466. The fourth-order valence-electron chi connectivity index (χ4n) is 3.59. The Labute approximate surface area is 187 Å². The number of nitrogens with one attached hydrogen (secondary N) is 1. The van der Waals surface area contributed by atoms with Crippen molar-refractivity contribution in [1.82, 2.24) is 19.7 Å².